The molecule has 1 fully saturated rings. The summed E-state index contributed by atoms with van der Waals surface area (Å²) < 4.78 is 5.96. The predicted octanol–water partition coefficient (Wildman–Crippen LogP) is 7.95. The predicted molar refractivity (Wildman–Crippen MR) is 137 cm³/mol. The zero-order valence-corrected chi connectivity index (χ0v) is 19.2. The number of halogens is 1. The summed E-state index contributed by atoms with van der Waals surface area (Å²) in [4.78, 5) is 16.0. The summed E-state index contributed by atoms with van der Waals surface area (Å²) in [6, 6.07) is 34.8. The van der Waals surface area contributed by atoms with Crippen LogP contribution in [-0.2, 0) is 4.79 Å². The second-order valence-electron chi connectivity index (χ2n) is 7.53. The first kappa shape index (κ1) is 21.4. The fourth-order valence-electron chi connectivity index (χ4n) is 3.70. The van der Waals surface area contributed by atoms with E-state index in [0.717, 1.165) is 28.3 Å². The van der Waals surface area contributed by atoms with E-state index in [-0.39, 0.29) is 11.3 Å². The zero-order valence-electron chi connectivity index (χ0n) is 17.6. The van der Waals surface area contributed by atoms with E-state index < -0.39 is 0 Å². The van der Waals surface area contributed by atoms with E-state index in [1.165, 1.54) is 11.8 Å². The number of nitrogens with zero attached hydrogens (tertiary/aromatic N) is 1. The van der Waals surface area contributed by atoms with Crippen molar-refractivity contribution in [3.8, 4) is 11.5 Å². The van der Waals surface area contributed by atoms with Crippen LogP contribution in [0.1, 0.15) is 16.5 Å². The van der Waals surface area contributed by atoms with Gasteiger partial charge < -0.3 is 4.74 Å². The number of anilines is 1. The molecule has 33 heavy (non-hydrogen) atoms. The van der Waals surface area contributed by atoms with Crippen molar-refractivity contribution in [2.75, 3.05) is 4.90 Å². The molecule has 1 atom stereocenters. The lowest BCUT2D eigenvalue weighted by molar-refractivity contribution is -0.114. The fraction of sp³-hybridized carbons (Fsp3) is 0.0357. The summed E-state index contributed by atoms with van der Waals surface area (Å²) in [7, 11) is 0. The lowest BCUT2D eigenvalue weighted by atomic mass is 10.1. The minimum Gasteiger partial charge on any atom is -0.457 e. The lowest BCUT2D eigenvalue weighted by Crippen LogP contribution is -2.27. The quantitative estimate of drug-likeness (QED) is 0.278. The van der Waals surface area contributed by atoms with Crippen LogP contribution < -0.4 is 9.64 Å². The van der Waals surface area contributed by atoms with Gasteiger partial charge in [-0.2, -0.15) is 0 Å². The second kappa shape index (κ2) is 9.57. The number of hydrogen-bond acceptors (Lipinski definition) is 3. The maximum atomic E-state index is 13.5. The minimum atomic E-state index is -0.174. The van der Waals surface area contributed by atoms with Crippen LogP contribution in [0.4, 0.5) is 5.69 Å². The number of carbonyl (C=O) groups excluding carboxylic acids is 1. The average molecular weight is 470 g/mol. The Bertz CT molecular complexity index is 1310. The molecule has 0 saturated carbocycles. The van der Waals surface area contributed by atoms with Gasteiger partial charge in [0.15, 0.2) is 0 Å². The molecule has 0 radical (unpaired) electrons. The smallest absolute Gasteiger partial charge is 0.266 e. The molecule has 0 aliphatic carbocycles. The Hall–Kier alpha value is -3.47. The summed E-state index contributed by atoms with van der Waals surface area (Å²) >= 11 is 7.78. The van der Waals surface area contributed by atoms with Crippen molar-refractivity contribution in [2.24, 2.45) is 0 Å². The first-order valence-corrected chi connectivity index (χ1v) is 11.8. The zero-order chi connectivity index (χ0) is 22.6. The van der Waals surface area contributed by atoms with Gasteiger partial charge >= 0.3 is 0 Å². The lowest BCUT2D eigenvalue weighted by Gasteiger charge is -2.23. The van der Waals surface area contributed by atoms with Crippen LogP contribution in [0, 0.1) is 0 Å². The van der Waals surface area contributed by atoms with Crippen LogP contribution in [0.25, 0.3) is 6.08 Å². The molecule has 4 aromatic rings. The average Bonchev–Trinajstić information content (AvgIpc) is 3.16. The Morgan fingerprint density at radius 3 is 2.24 bits per heavy atom. The van der Waals surface area contributed by atoms with Gasteiger partial charge in [0.1, 0.15) is 16.9 Å². The number of rotatable bonds is 5. The van der Waals surface area contributed by atoms with Gasteiger partial charge in [0, 0.05) is 10.7 Å². The molecule has 1 heterocycles. The molecular weight excluding hydrogens is 450 g/mol. The molecule has 1 amide bonds. The number of thioether (sulfide) groups is 1. The van der Waals surface area contributed by atoms with E-state index in [1.54, 1.807) is 0 Å². The van der Waals surface area contributed by atoms with Gasteiger partial charge in [-0.3, -0.25) is 9.69 Å². The third-order valence-corrected chi connectivity index (χ3v) is 6.70. The van der Waals surface area contributed by atoms with Gasteiger partial charge in [0.05, 0.1) is 4.91 Å². The van der Waals surface area contributed by atoms with Crippen LogP contribution in [-0.4, -0.2) is 5.91 Å². The van der Waals surface area contributed by atoms with E-state index >= 15 is 0 Å². The van der Waals surface area contributed by atoms with Crippen LogP contribution >= 0.6 is 23.4 Å². The molecule has 0 aromatic heterocycles. The molecule has 1 unspecified atom stereocenters. The van der Waals surface area contributed by atoms with Gasteiger partial charge in [0.25, 0.3) is 5.91 Å². The molecular formula is C28H20ClNO2S. The number of para-hydroxylation sites is 1. The number of benzene rings is 4. The van der Waals surface area contributed by atoms with Crippen molar-refractivity contribution < 1.29 is 9.53 Å². The summed E-state index contributed by atoms with van der Waals surface area (Å²) in [6.07, 6.45) is 1.92. The van der Waals surface area contributed by atoms with Crippen molar-refractivity contribution >= 4 is 41.0 Å². The SMILES string of the molecule is O=C1/C(=C\c2cccc(Oc3ccccc3)c2)SC(c2ccccc2)N1c1cccc(Cl)c1. The van der Waals surface area contributed by atoms with Gasteiger partial charge in [-0.05, 0) is 59.7 Å². The molecule has 1 aliphatic rings. The van der Waals surface area contributed by atoms with E-state index in [2.05, 4.69) is 0 Å². The first-order valence-electron chi connectivity index (χ1n) is 10.5. The number of amides is 1. The Labute approximate surface area is 202 Å². The van der Waals surface area contributed by atoms with Gasteiger partial charge in [-0.25, -0.2) is 0 Å². The molecule has 0 bridgehead atoms. The highest BCUT2D eigenvalue weighted by molar-refractivity contribution is 8.05. The molecule has 3 nitrogen and oxygen atoms in total. The van der Waals surface area contributed by atoms with Crippen molar-refractivity contribution in [3.63, 3.8) is 0 Å². The summed E-state index contributed by atoms with van der Waals surface area (Å²) in [5.74, 6) is 1.44. The minimum absolute atomic E-state index is 0.0505. The standard InChI is InChI=1S/C28H20ClNO2S/c29-22-12-8-13-23(19-22)30-27(31)26(33-28(30)21-10-3-1-4-11-21)18-20-9-7-16-25(17-20)32-24-14-5-2-6-15-24/h1-19,28H/b26-18+. The van der Waals surface area contributed by atoms with Gasteiger partial charge in [0.2, 0.25) is 0 Å². The normalized spacial score (nSPS) is 16.9. The number of carbonyl (C=O) groups is 1. The molecule has 5 heteroatoms. The van der Waals surface area contributed by atoms with E-state index in [1.807, 2.05) is 120 Å². The molecule has 1 aliphatic heterocycles. The maximum Gasteiger partial charge on any atom is 0.266 e. The Morgan fingerprint density at radius 1 is 0.788 bits per heavy atom. The van der Waals surface area contributed by atoms with Crippen LogP contribution in [0.15, 0.2) is 114 Å². The monoisotopic (exact) mass is 469 g/mol. The Morgan fingerprint density at radius 2 is 1.48 bits per heavy atom. The summed E-state index contributed by atoms with van der Waals surface area (Å²) in [6.45, 7) is 0. The first-order chi connectivity index (χ1) is 16.2. The molecule has 1 saturated heterocycles. The van der Waals surface area contributed by atoms with Crippen molar-refractivity contribution in [2.45, 2.75) is 5.37 Å². The van der Waals surface area contributed by atoms with Crippen molar-refractivity contribution in [1.29, 1.82) is 0 Å². The maximum absolute atomic E-state index is 13.5. The second-order valence-corrected chi connectivity index (χ2v) is 9.09. The highest BCUT2D eigenvalue weighted by Gasteiger charge is 2.38. The number of ether oxygens (including phenoxy) is 1. The van der Waals surface area contributed by atoms with Gasteiger partial charge in [-0.15, -0.1) is 0 Å². The molecule has 0 spiro atoms. The Balaban J connectivity index is 1.48. The third kappa shape index (κ3) is 4.82. The van der Waals surface area contributed by atoms with E-state index in [4.69, 9.17) is 16.3 Å². The summed E-state index contributed by atoms with van der Waals surface area (Å²) in [5, 5.41) is 0.424. The van der Waals surface area contributed by atoms with Gasteiger partial charge in [-0.1, -0.05) is 90.1 Å². The van der Waals surface area contributed by atoms with Crippen LogP contribution in [0.3, 0.4) is 0 Å². The van der Waals surface area contributed by atoms with Crippen molar-refractivity contribution in [3.05, 3.63) is 130 Å². The largest absolute Gasteiger partial charge is 0.457 e. The molecule has 0 N–H and O–H groups in total. The van der Waals surface area contributed by atoms with Crippen LogP contribution in [0.5, 0.6) is 11.5 Å². The molecule has 162 valence electrons. The fourth-order valence-corrected chi connectivity index (χ4v) is 5.15. The topological polar surface area (TPSA) is 29.5 Å². The van der Waals surface area contributed by atoms with Crippen molar-refractivity contribution in [1.82, 2.24) is 0 Å². The third-order valence-electron chi connectivity index (χ3n) is 5.21. The van der Waals surface area contributed by atoms with Crippen LogP contribution in [0.2, 0.25) is 5.02 Å². The Kier molecular flexibility index (Phi) is 6.20. The molecule has 5 rings (SSSR count). The summed E-state index contributed by atoms with van der Waals surface area (Å²) in [5.41, 5.74) is 2.73. The van der Waals surface area contributed by atoms with E-state index in [0.29, 0.717) is 9.93 Å². The highest BCUT2D eigenvalue weighted by Crippen LogP contribution is 2.48. The molecule has 4 aromatic carbocycles. The van der Waals surface area contributed by atoms with E-state index in [9.17, 15) is 4.79 Å². The number of hydrogen-bond donors (Lipinski definition) is 0. The highest BCUT2D eigenvalue weighted by atomic mass is 35.5.